The Morgan fingerprint density at radius 1 is 1.07 bits per heavy atom. The first-order valence-electron chi connectivity index (χ1n) is 8.42. The highest BCUT2D eigenvalue weighted by Gasteiger charge is 2.07. The third kappa shape index (κ3) is 5.70. The first-order valence-corrected chi connectivity index (χ1v) is 9.18. The van der Waals surface area contributed by atoms with E-state index in [-0.39, 0.29) is 24.0 Å². The van der Waals surface area contributed by atoms with Crippen LogP contribution in [0, 0.1) is 0 Å². The molecule has 27 heavy (non-hydrogen) atoms. The molecule has 0 amide bonds. The molecule has 0 bridgehead atoms. The first-order chi connectivity index (χ1) is 12.7. The molecule has 0 aliphatic heterocycles. The van der Waals surface area contributed by atoms with E-state index in [1.165, 1.54) is 0 Å². The van der Waals surface area contributed by atoms with Gasteiger partial charge in [0.25, 0.3) is 0 Å². The predicted octanol–water partition coefficient (Wildman–Crippen LogP) is 3.95. The normalized spacial score (nSPS) is 11.3. The minimum Gasteiger partial charge on any atom is -0.357 e. The van der Waals surface area contributed by atoms with Crippen LogP contribution >= 0.6 is 47.2 Å². The van der Waals surface area contributed by atoms with E-state index in [1.54, 1.807) is 0 Å². The van der Waals surface area contributed by atoms with E-state index >= 15 is 0 Å². The summed E-state index contributed by atoms with van der Waals surface area (Å²) in [4.78, 5) is 4.59. The highest BCUT2D eigenvalue weighted by Crippen LogP contribution is 2.24. The Bertz CT molecular complexity index is 892. The number of fused-ring (bicyclic) bond motifs is 1. The van der Waals surface area contributed by atoms with Crippen molar-refractivity contribution in [3.8, 4) is 0 Å². The Hall–Kier alpha value is -1.58. The number of rotatable bonds is 6. The molecule has 9 heteroatoms. The second-order valence-electron chi connectivity index (χ2n) is 5.62. The van der Waals surface area contributed by atoms with Gasteiger partial charge in [-0.05, 0) is 43.2 Å². The number of nitrogens with one attached hydrogen (secondary N) is 2. The lowest BCUT2D eigenvalue weighted by molar-refractivity contribution is 0.788. The number of benzene rings is 1. The van der Waals surface area contributed by atoms with Crippen LogP contribution in [0.3, 0.4) is 0 Å². The van der Waals surface area contributed by atoms with Crippen molar-refractivity contribution in [3.05, 3.63) is 64.0 Å². The molecule has 0 saturated carbocycles. The molecule has 2 heterocycles. The van der Waals surface area contributed by atoms with Crippen molar-refractivity contribution in [2.24, 2.45) is 4.99 Å². The summed E-state index contributed by atoms with van der Waals surface area (Å²) in [7, 11) is 0. The lowest BCUT2D eigenvalue weighted by Crippen LogP contribution is -2.38. The van der Waals surface area contributed by atoms with E-state index in [0.717, 1.165) is 23.6 Å². The smallest absolute Gasteiger partial charge is 0.191 e. The summed E-state index contributed by atoms with van der Waals surface area (Å²) in [5.74, 6) is 1.50. The number of guanidine groups is 1. The van der Waals surface area contributed by atoms with Crippen molar-refractivity contribution in [3.63, 3.8) is 0 Å². The molecular formula is C18H21Cl2IN6. The van der Waals surface area contributed by atoms with Crippen LogP contribution in [-0.2, 0) is 13.0 Å². The highest BCUT2D eigenvalue weighted by atomic mass is 127. The monoisotopic (exact) mass is 518 g/mol. The molecule has 0 aliphatic carbocycles. The van der Waals surface area contributed by atoms with E-state index < -0.39 is 0 Å². The van der Waals surface area contributed by atoms with Gasteiger partial charge in [-0.25, -0.2) is 4.99 Å². The average molecular weight is 519 g/mol. The zero-order chi connectivity index (χ0) is 18.4. The van der Waals surface area contributed by atoms with E-state index in [2.05, 4.69) is 25.8 Å². The number of hydrogen-bond acceptors (Lipinski definition) is 3. The molecule has 0 unspecified atom stereocenters. The molecular weight excluding hydrogens is 498 g/mol. The number of halogens is 3. The maximum absolute atomic E-state index is 6.21. The molecule has 2 N–H and O–H groups in total. The van der Waals surface area contributed by atoms with E-state index in [0.29, 0.717) is 35.5 Å². The van der Waals surface area contributed by atoms with Crippen LogP contribution in [0.1, 0.15) is 18.3 Å². The number of nitrogens with zero attached hydrogens (tertiary/aromatic N) is 4. The standard InChI is InChI=1S/C18H20Cl2N6.HI/c1-2-21-18(22-10-9-13-14(19)6-5-7-15(13)20)23-12-17-25-24-16-8-3-4-11-26(16)17;/h3-8,11H,2,9-10,12H2,1H3,(H2,21,22,23);1H. The average Bonchev–Trinajstić information content (AvgIpc) is 3.05. The van der Waals surface area contributed by atoms with Gasteiger partial charge >= 0.3 is 0 Å². The van der Waals surface area contributed by atoms with Gasteiger partial charge in [-0.3, -0.25) is 4.40 Å². The van der Waals surface area contributed by atoms with Gasteiger partial charge in [0.1, 0.15) is 6.54 Å². The molecule has 0 aliphatic rings. The quantitative estimate of drug-likeness (QED) is 0.294. The molecule has 6 nitrogen and oxygen atoms in total. The van der Waals surface area contributed by atoms with Crippen LogP contribution in [-0.4, -0.2) is 33.6 Å². The fourth-order valence-electron chi connectivity index (χ4n) is 2.57. The minimum atomic E-state index is 0. The van der Waals surface area contributed by atoms with Crippen LogP contribution in [0.15, 0.2) is 47.6 Å². The van der Waals surface area contributed by atoms with Gasteiger partial charge < -0.3 is 10.6 Å². The molecule has 3 aromatic rings. The Balaban J connectivity index is 0.00000261. The predicted molar refractivity (Wildman–Crippen MR) is 121 cm³/mol. The first kappa shape index (κ1) is 21.7. The van der Waals surface area contributed by atoms with Crippen LogP contribution in [0.5, 0.6) is 0 Å². The number of aliphatic imine (C=N–C) groups is 1. The number of pyridine rings is 1. The molecule has 1 aromatic carbocycles. The van der Waals surface area contributed by atoms with Crippen LogP contribution in [0.4, 0.5) is 0 Å². The maximum Gasteiger partial charge on any atom is 0.191 e. The van der Waals surface area contributed by atoms with Gasteiger partial charge in [0.2, 0.25) is 0 Å². The van der Waals surface area contributed by atoms with E-state index in [1.807, 2.05) is 53.9 Å². The third-order valence-corrected chi connectivity index (χ3v) is 4.54. The summed E-state index contributed by atoms with van der Waals surface area (Å²) in [6.45, 7) is 3.87. The van der Waals surface area contributed by atoms with E-state index in [9.17, 15) is 0 Å². The van der Waals surface area contributed by atoms with Gasteiger partial charge in [0.05, 0.1) is 0 Å². The number of aromatic nitrogens is 3. The third-order valence-electron chi connectivity index (χ3n) is 3.84. The summed E-state index contributed by atoms with van der Waals surface area (Å²) in [5, 5.41) is 16.2. The Morgan fingerprint density at radius 3 is 2.59 bits per heavy atom. The molecule has 144 valence electrons. The van der Waals surface area contributed by atoms with Crippen LogP contribution in [0.25, 0.3) is 5.65 Å². The SMILES string of the molecule is CCNC(=NCc1nnc2ccccn12)NCCc1c(Cl)cccc1Cl.I. The molecule has 0 fully saturated rings. The van der Waals surface area contributed by atoms with Gasteiger partial charge in [0, 0.05) is 29.3 Å². The molecule has 2 aromatic heterocycles. The summed E-state index contributed by atoms with van der Waals surface area (Å²) < 4.78 is 1.93. The molecule has 3 rings (SSSR count). The molecule has 0 spiro atoms. The zero-order valence-electron chi connectivity index (χ0n) is 14.8. The van der Waals surface area contributed by atoms with Gasteiger partial charge in [-0.1, -0.05) is 35.3 Å². The summed E-state index contributed by atoms with van der Waals surface area (Å²) in [6.07, 6.45) is 2.64. The molecule has 0 saturated heterocycles. The topological polar surface area (TPSA) is 66.6 Å². The molecule has 0 atom stereocenters. The Kier molecular flexibility index (Phi) is 8.59. The van der Waals surface area contributed by atoms with Gasteiger partial charge in [-0.15, -0.1) is 34.2 Å². The van der Waals surface area contributed by atoms with Gasteiger partial charge in [0.15, 0.2) is 17.4 Å². The second kappa shape index (κ2) is 10.7. The van der Waals surface area contributed by atoms with Crippen LogP contribution in [0.2, 0.25) is 10.0 Å². The maximum atomic E-state index is 6.21. The summed E-state index contributed by atoms with van der Waals surface area (Å²) in [6, 6.07) is 11.3. The fourth-order valence-corrected chi connectivity index (χ4v) is 3.15. The van der Waals surface area contributed by atoms with Crippen molar-refractivity contribution in [1.82, 2.24) is 25.2 Å². The second-order valence-corrected chi connectivity index (χ2v) is 6.43. The number of hydrogen-bond donors (Lipinski definition) is 2. The van der Waals surface area contributed by atoms with Gasteiger partial charge in [-0.2, -0.15) is 0 Å². The fraction of sp³-hybridized carbons (Fsp3) is 0.278. The zero-order valence-corrected chi connectivity index (χ0v) is 18.7. The lowest BCUT2D eigenvalue weighted by Gasteiger charge is -2.12. The van der Waals surface area contributed by atoms with Crippen LogP contribution < -0.4 is 10.6 Å². The lowest BCUT2D eigenvalue weighted by atomic mass is 10.1. The van der Waals surface area contributed by atoms with Crippen molar-refractivity contribution in [2.75, 3.05) is 13.1 Å². The largest absolute Gasteiger partial charge is 0.357 e. The van der Waals surface area contributed by atoms with Crippen molar-refractivity contribution in [1.29, 1.82) is 0 Å². The summed E-state index contributed by atoms with van der Waals surface area (Å²) in [5.41, 5.74) is 1.74. The van der Waals surface area contributed by atoms with Crippen molar-refractivity contribution in [2.45, 2.75) is 19.9 Å². The highest BCUT2D eigenvalue weighted by molar-refractivity contribution is 14.0. The Morgan fingerprint density at radius 2 is 1.85 bits per heavy atom. The Labute approximate surface area is 185 Å². The van der Waals surface area contributed by atoms with Crippen molar-refractivity contribution < 1.29 is 0 Å². The minimum absolute atomic E-state index is 0. The van der Waals surface area contributed by atoms with E-state index in [4.69, 9.17) is 23.2 Å². The molecule has 0 radical (unpaired) electrons. The van der Waals surface area contributed by atoms with Crippen molar-refractivity contribution >= 4 is 58.8 Å². The summed E-state index contributed by atoms with van der Waals surface area (Å²) >= 11 is 12.4.